The lowest BCUT2D eigenvalue weighted by molar-refractivity contribution is -0.125. The van der Waals surface area contributed by atoms with E-state index in [2.05, 4.69) is 5.32 Å². The summed E-state index contributed by atoms with van der Waals surface area (Å²) in [6.45, 7) is 5.92. The molecule has 0 bridgehead atoms. The summed E-state index contributed by atoms with van der Waals surface area (Å²) < 4.78 is 5.64. The quantitative estimate of drug-likeness (QED) is 0.659. The average molecular weight is 280 g/mol. The van der Waals surface area contributed by atoms with Gasteiger partial charge in [-0.1, -0.05) is 12.1 Å². The average Bonchev–Trinajstić information content (AvgIpc) is 2.37. The van der Waals surface area contributed by atoms with Gasteiger partial charge in [-0.05, 0) is 44.9 Å². The van der Waals surface area contributed by atoms with Crippen molar-refractivity contribution < 1.29 is 14.6 Å². The van der Waals surface area contributed by atoms with Gasteiger partial charge in [0.2, 0.25) is 5.91 Å². The fourth-order valence-electron chi connectivity index (χ4n) is 1.93. The molecule has 1 atom stereocenters. The van der Waals surface area contributed by atoms with E-state index in [1.54, 1.807) is 6.92 Å². The van der Waals surface area contributed by atoms with Crippen LogP contribution in [0.4, 0.5) is 0 Å². The monoisotopic (exact) mass is 280 g/mol. The molecule has 0 radical (unpaired) electrons. The smallest absolute Gasteiger partial charge is 0.240 e. The molecule has 0 fully saturated rings. The zero-order valence-corrected chi connectivity index (χ0v) is 12.3. The van der Waals surface area contributed by atoms with E-state index in [1.807, 2.05) is 38.1 Å². The van der Waals surface area contributed by atoms with Crippen LogP contribution in [0.5, 0.6) is 5.75 Å². The third-order valence-corrected chi connectivity index (χ3v) is 3.00. The predicted molar refractivity (Wildman–Crippen MR) is 78.6 cm³/mol. The number of amides is 1. The maximum Gasteiger partial charge on any atom is 0.240 e. The minimum absolute atomic E-state index is 0.123. The molecule has 1 unspecified atom stereocenters. The molecule has 0 aliphatic carbocycles. The summed E-state index contributed by atoms with van der Waals surface area (Å²) in [4.78, 5) is 11.6. The van der Waals surface area contributed by atoms with Gasteiger partial charge in [-0.2, -0.15) is 0 Å². The number of hydrogen-bond donors (Lipinski definition) is 3. The molecule has 5 heteroatoms. The first-order valence-electron chi connectivity index (χ1n) is 6.77. The summed E-state index contributed by atoms with van der Waals surface area (Å²) in [5.74, 6) is 0.229. The standard InChI is InChI=1S/C15H24N2O3/c1-11(2)17-15(3,14(16)19)10-20-13-6-4-12(5-7-13)8-9-18/h4-7,11,17-18H,8-10H2,1-3H3,(H2,16,19). The second-order valence-corrected chi connectivity index (χ2v) is 5.40. The van der Waals surface area contributed by atoms with Gasteiger partial charge in [0.05, 0.1) is 0 Å². The van der Waals surface area contributed by atoms with Gasteiger partial charge in [-0.3, -0.25) is 10.1 Å². The molecule has 4 N–H and O–H groups in total. The Balaban J connectivity index is 2.65. The summed E-state index contributed by atoms with van der Waals surface area (Å²) in [7, 11) is 0. The molecule has 0 aliphatic rings. The number of carbonyl (C=O) groups excluding carboxylic acids is 1. The normalized spacial score (nSPS) is 14.1. The van der Waals surface area contributed by atoms with Crippen LogP contribution < -0.4 is 15.8 Å². The van der Waals surface area contributed by atoms with Crippen LogP contribution in [0.2, 0.25) is 0 Å². The number of rotatable bonds is 8. The van der Waals surface area contributed by atoms with Crippen molar-refractivity contribution in [1.29, 1.82) is 0 Å². The predicted octanol–water partition coefficient (Wildman–Crippen LogP) is 0.842. The van der Waals surface area contributed by atoms with Crippen molar-refractivity contribution in [3.05, 3.63) is 29.8 Å². The van der Waals surface area contributed by atoms with E-state index < -0.39 is 11.4 Å². The van der Waals surface area contributed by atoms with Crippen LogP contribution in [0.1, 0.15) is 26.3 Å². The van der Waals surface area contributed by atoms with Crippen molar-refractivity contribution in [2.45, 2.75) is 38.8 Å². The van der Waals surface area contributed by atoms with Crippen molar-refractivity contribution >= 4 is 5.91 Å². The highest BCUT2D eigenvalue weighted by Gasteiger charge is 2.32. The fourth-order valence-corrected chi connectivity index (χ4v) is 1.93. The Morgan fingerprint density at radius 2 is 2.00 bits per heavy atom. The lowest BCUT2D eigenvalue weighted by Gasteiger charge is -2.29. The summed E-state index contributed by atoms with van der Waals surface area (Å²) >= 11 is 0. The number of primary amides is 1. The van der Waals surface area contributed by atoms with Crippen LogP contribution in [0.15, 0.2) is 24.3 Å². The molecule has 1 aromatic rings. The largest absolute Gasteiger partial charge is 0.491 e. The van der Waals surface area contributed by atoms with Gasteiger partial charge in [-0.25, -0.2) is 0 Å². The van der Waals surface area contributed by atoms with Gasteiger partial charge in [0, 0.05) is 12.6 Å². The van der Waals surface area contributed by atoms with E-state index in [4.69, 9.17) is 15.6 Å². The molecule has 0 heterocycles. The number of hydrogen-bond acceptors (Lipinski definition) is 4. The highest BCUT2D eigenvalue weighted by Crippen LogP contribution is 2.15. The van der Waals surface area contributed by atoms with Crippen LogP contribution in [-0.2, 0) is 11.2 Å². The van der Waals surface area contributed by atoms with Gasteiger partial charge in [-0.15, -0.1) is 0 Å². The SMILES string of the molecule is CC(C)NC(C)(COc1ccc(CCO)cc1)C(N)=O. The molecule has 20 heavy (non-hydrogen) atoms. The van der Waals surface area contributed by atoms with E-state index >= 15 is 0 Å². The first-order valence-corrected chi connectivity index (χ1v) is 6.77. The Bertz CT molecular complexity index is 431. The topological polar surface area (TPSA) is 84.6 Å². The van der Waals surface area contributed by atoms with E-state index in [9.17, 15) is 4.79 Å². The number of benzene rings is 1. The zero-order valence-electron chi connectivity index (χ0n) is 12.3. The Hall–Kier alpha value is -1.59. The molecule has 0 aliphatic heterocycles. The Morgan fingerprint density at radius 3 is 2.45 bits per heavy atom. The second kappa shape index (κ2) is 7.26. The summed E-state index contributed by atoms with van der Waals surface area (Å²) in [6, 6.07) is 7.55. The Labute approximate surface area is 120 Å². The van der Waals surface area contributed by atoms with Gasteiger partial charge in [0.25, 0.3) is 0 Å². The van der Waals surface area contributed by atoms with Crippen molar-refractivity contribution in [2.24, 2.45) is 5.73 Å². The van der Waals surface area contributed by atoms with Gasteiger partial charge >= 0.3 is 0 Å². The third kappa shape index (κ3) is 4.83. The van der Waals surface area contributed by atoms with Gasteiger partial charge in [0.15, 0.2) is 0 Å². The fraction of sp³-hybridized carbons (Fsp3) is 0.533. The molecular formula is C15H24N2O3. The van der Waals surface area contributed by atoms with Crippen molar-refractivity contribution in [1.82, 2.24) is 5.32 Å². The summed E-state index contributed by atoms with van der Waals surface area (Å²) in [5, 5.41) is 12.0. The molecule has 112 valence electrons. The molecule has 0 saturated carbocycles. The minimum Gasteiger partial charge on any atom is -0.491 e. The molecular weight excluding hydrogens is 256 g/mol. The van der Waals surface area contributed by atoms with Crippen molar-refractivity contribution in [3.63, 3.8) is 0 Å². The number of nitrogens with two attached hydrogens (primary N) is 1. The highest BCUT2D eigenvalue weighted by atomic mass is 16.5. The zero-order chi connectivity index (χ0) is 15.2. The molecule has 5 nitrogen and oxygen atoms in total. The second-order valence-electron chi connectivity index (χ2n) is 5.40. The lowest BCUT2D eigenvalue weighted by Crippen LogP contribution is -2.59. The first-order chi connectivity index (χ1) is 9.37. The number of nitrogens with one attached hydrogen (secondary N) is 1. The lowest BCUT2D eigenvalue weighted by atomic mass is 10.0. The van der Waals surface area contributed by atoms with E-state index in [-0.39, 0.29) is 19.3 Å². The molecule has 1 amide bonds. The van der Waals surface area contributed by atoms with E-state index in [0.717, 1.165) is 5.56 Å². The Kier molecular flexibility index (Phi) is 5.98. The minimum atomic E-state index is -0.905. The van der Waals surface area contributed by atoms with Crippen molar-refractivity contribution in [3.8, 4) is 5.75 Å². The van der Waals surface area contributed by atoms with Crippen molar-refractivity contribution in [2.75, 3.05) is 13.2 Å². The third-order valence-electron chi connectivity index (χ3n) is 3.00. The summed E-state index contributed by atoms with van der Waals surface area (Å²) in [5.41, 5.74) is 5.57. The maximum absolute atomic E-state index is 11.6. The van der Waals surface area contributed by atoms with Crippen LogP contribution in [0, 0.1) is 0 Å². The maximum atomic E-state index is 11.6. The number of carbonyl (C=O) groups is 1. The van der Waals surface area contributed by atoms with E-state index in [1.165, 1.54) is 0 Å². The molecule has 1 aromatic carbocycles. The van der Waals surface area contributed by atoms with Crippen LogP contribution in [-0.4, -0.2) is 35.8 Å². The molecule has 0 aromatic heterocycles. The van der Waals surface area contributed by atoms with Crippen LogP contribution in [0.3, 0.4) is 0 Å². The number of ether oxygens (including phenoxy) is 1. The van der Waals surface area contributed by atoms with E-state index in [0.29, 0.717) is 12.2 Å². The van der Waals surface area contributed by atoms with Gasteiger partial charge in [0.1, 0.15) is 17.9 Å². The number of aliphatic hydroxyl groups is 1. The molecule has 0 saturated heterocycles. The van der Waals surface area contributed by atoms with Crippen LogP contribution in [0.25, 0.3) is 0 Å². The summed E-state index contributed by atoms with van der Waals surface area (Å²) in [6.07, 6.45) is 0.619. The first kappa shape index (κ1) is 16.5. The number of aliphatic hydroxyl groups excluding tert-OH is 1. The molecule has 0 spiro atoms. The highest BCUT2D eigenvalue weighted by molar-refractivity contribution is 5.84. The molecule has 1 rings (SSSR count). The van der Waals surface area contributed by atoms with Gasteiger partial charge < -0.3 is 15.6 Å². The Morgan fingerprint density at radius 1 is 1.40 bits per heavy atom. The van der Waals surface area contributed by atoms with Crippen LogP contribution >= 0.6 is 0 Å².